The molecule has 0 rings (SSSR count). The molecular formula is C16H36N+. The molecule has 0 aliphatic heterocycles. The molecule has 0 N–H and O–H groups in total. The molecule has 0 heterocycles. The van der Waals surface area contributed by atoms with Gasteiger partial charge in [-0.15, -0.1) is 0 Å². The highest BCUT2D eigenvalue weighted by atomic mass is 15.4. The minimum absolute atomic E-state index is 0.822. The fourth-order valence-corrected chi connectivity index (χ4v) is 3.06. The van der Waals surface area contributed by atoms with Crippen molar-refractivity contribution in [3.05, 3.63) is 0 Å². The van der Waals surface area contributed by atoms with Crippen molar-refractivity contribution in [3.63, 3.8) is 0 Å². The monoisotopic (exact) mass is 242 g/mol. The van der Waals surface area contributed by atoms with E-state index in [2.05, 4.69) is 41.5 Å². The van der Waals surface area contributed by atoms with E-state index in [4.69, 9.17) is 0 Å². The molecule has 2 atom stereocenters. The van der Waals surface area contributed by atoms with Crippen LogP contribution in [-0.4, -0.2) is 29.7 Å². The van der Waals surface area contributed by atoms with Crippen molar-refractivity contribution in [3.8, 4) is 0 Å². The van der Waals surface area contributed by atoms with Crippen LogP contribution in [0.3, 0.4) is 0 Å². The zero-order valence-corrected chi connectivity index (χ0v) is 13.3. The predicted octanol–water partition coefficient (Wildman–Crippen LogP) is 5.00. The second kappa shape index (κ2) is 8.97. The highest BCUT2D eigenvalue weighted by Crippen LogP contribution is 2.26. The Bertz CT molecular complexity index is 156. The third kappa shape index (κ3) is 4.62. The highest BCUT2D eigenvalue weighted by molar-refractivity contribution is 4.60. The van der Waals surface area contributed by atoms with Gasteiger partial charge in [0.25, 0.3) is 0 Å². The van der Waals surface area contributed by atoms with E-state index in [1.54, 1.807) is 0 Å². The Balaban J connectivity index is 4.90. The van der Waals surface area contributed by atoms with Crippen molar-refractivity contribution < 1.29 is 4.48 Å². The summed E-state index contributed by atoms with van der Waals surface area (Å²) in [7, 11) is 0. The van der Waals surface area contributed by atoms with E-state index < -0.39 is 0 Å². The zero-order valence-electron chi connectivity index (χ0n) is 13.3. The summed E-state index contributed by atoms with van der Waals surface area (Å²) in [4.78, 5) is 0. The van der Waals surface area contributed by atoms with E-state index in [-0.39, 0.29) is 0 Å². The average molecular weight is 242 g/mol. The topological polar surface area (TPSA) is 0 Å². The van der Waals surface area contributed by atoms with Crippen LogP contribution in [0.5, 0.6) is 0 Å². The van der Waals surface area contributed by atoms with Gasteiger partial charge in [0.2, 0.25) is 0 Å². The Morgan fingerprint density at radius 1 is 0.706 bits per heavy atom. The van der Waals surface area contributed by atoms with Crippen LogP contribution in [0.15, 0.2) is 0 Å². The first-order valence-electron chi connectivity index (χ1n) is 7.95. The second-order valence-corrected chi connectivity index (χ2v) is 5.77. The second-order valence-electron chi connectivity index (χ2n) is 5.77. The van der Waals surface area contributed by atoms with Gasteiger partial charge in [-0.25, -0.2) is 0 Å². The van der Waals surface area contributed by atoms with Crippen LogP contribution in [-0.2, 0) is 0 Å². The lowest BCUT2D eigenvalue weighted by molar-refractivity contribution is -0.970. The number of rotatable bonds is 10. The maximum Gasteiger partial charge on any atom is 0.0861 e. The van der Waals surface area contributed by atoms with Gasteiger partial charge in [-0.2, -0.15) is 0 Å². The first-order valence-corrected chi connectivity index (χ1v) is 7.95. The normalized spacial score (nSPS) is 15.9. The van der Waals surface area contributed by atoms with Crippen LogP contribution in [0.4, 0.5) is 0 Å². The SMILES string of the molecule is CCCC[N+](CCCC)(C(C)CC)C(C)CC. The van der Waals surface area contributed by atoms with E-state index in [0.717, 1.165) is 12.1 Å². The van der Waals surface area contributed by atoms with Crippen LogP contribution in [0, 0.1) is 0 Å². The molecule has 0 bridgehead atoms. The maximum atomic E-state index is 2.47. The van der Waals surface area contributed by atoms with E-state index in [1.807, 2.05) is 0 Å². The Hall–Kier alpha value is -0.0400. The van der Waals surface area contributed by atoms with Crippen molar-refractivity contribution in [1.29, 1.82) is 0 Å². The Kier molecular flexibility index (Phi) is 8.94. The van der Waals surface area contributed by atoms with Gasteiger partial charge in [0.1, 0.15) is 0 Å². The molecular weight excluding hydrogens is 206 g/mol. The van der Waals surface area contributed by atoms with Gasteiger partial charge >= 0.3 is 0 Å². The van der Waals surface area contributed by atoms with Gasteiger partial charge in [-0.3, -0.25) is 0 Å². The molecule has 0 fully saturated rings. The third-order valence-corrected chi connectivity index (χ3v) is 4.79. The summed E-state index contributed by atoms with van der Waals surface area (Å²) < 4.78 is 1.37. The van der Waals surface area contributed by atoms with E-state index >= 15 is 0 Å². The average Bonchev–Trinajstić information content (AvgIpc) is 2.37. The number of hydrogen-bond acceptors (Lipinski definition) is 0. The Morgan fingerprint density at radius 2 is 1.06 bits per heavy atom. The zero-order chi connectivity index (χ0) is 13.3. The van der Waals surface area contributed by atoms with Crippen LogP contribution in [0.1, 0.15) is 80.1 Å². The molecule has 104 valence electrons. The largest absolute Gasteiger partial charge is 0.319 e. The standard InChI is InChI=1S/C16H36N/c1-7-11-13-17(14-12-8-2,15(5)9-3)16(6)10-4/h15-16H,7-14H2,1-6H3/q+1. The van der Waals surface area contributed by atoms with E-state index in [1.165, 1.54) is 56.1 Å². The summed E-state index contributed by atoms with van der Waals surface area (Å²) in [6.45, 7) is 17.1. The van der Waals surface area contributed by atoms with Crippen molar-refractivity contribution in [2.45, 2.75) is 92.2 Å². The van der Waals surface area contributed by atoms with E-state index in [0.29, 0.717) is 0 Å². The first-order chi connectivity index (χ1) is 8.08. The lowest BCUT2D eigenvalue weighted by Crippen LogP contribution is -2.60. The van der Waals surface area contributed by atoms with Crippen molar-refractivity contribution in [2.24, 2.45) is 0 Å². The van der Waals surface area contributed by atoms with Gasteiger partial charge in [0.15, 0.2) is 0 Å². The highest BCUT2D eigenvalue weighted by Gasteiger charge is 2.36. The number of quaternary nitrogens is 1. The predicted molar refractivity (Wildman–Crippen MR) is 79.3 cm³/mol. The Morgan fingerprint density at radius 3 is 1.29 bits per heavy atom. The molecule has 0 aliphatic carbocycles. The van der Waals surface area contributed by atoms with Gasteiger partial charge < -0.3 is 4.48 Å². The molecule has 1 heteroatoms. The van der Waals surface area contributed by atoms with Crippen LogP contribution in [0.25, 0.3) is 0 Å². The number of hydrogen-bond donors (Lipinski definition) is 0. The first kappa shape index (κ1) is 17.0. The van der Waals surface area contributed by atoms with Crippen LogP contribution >= 0.6 is 0 Å². The summed E-state index contributed by atoms with van der Waals surface area (Å²) in [5.74, 6) is 0. The molecule has 0 radical (unpaired) electrons. The molecule has 2 unspecified atom stereocenters. The van der Waals surface area contributed by atoms with Gasteiger partial charge in [-0.1, -0.05) is 40.5 Å². The van der Waals surface area contributed by atoms with Crippen LogP contribution in [0.2, 0.25) is 0 Å². The molecule has 0 spiro atoms. The summed E-state index contributed by atoms with van der Waals surface area (Å²) in [6, 6.07) is 1.64. The smallest absolute Gasteiger partial charge is 0.0861 e. The van der Waals surface area contributed by atoms with E-state index in [9.17, 15) is 0 Å². The van der Waals surface area contributed by atoms with Crippen molar-refractivity contribution in [2.75, 3.05) is 13.1 Å². The molecule has 0 aliphatic rings. The lowest BCUT2D eigenvalue weighted by atomic mass is 10.0. The quantitative estimate of drug-likeness (QED) is 0.473. The minimum atomic E-state index is 0.822. The fraction of sp³-hybridized carbons (Fsp3) is 1.00. The molecule has 0 aromatic heterocycles. The molecule has 17 heavy (non-hydrogen) atoms. The van der Waals surface area contributed by atoms with Crippen LogP contribution < -0.4 is 0 Å². The molecule has 0 saturated heterocycles. The summed E-state index contributed by atoms with van der Waals surface area (Å²) in [5, 5.41) is 0. The molecule has 0 saturated carbocycles. The van der Waals surface area contributed by atoms with Gasteiger partial charge in [0, 0.05) is 0 Å². The van der Waals surface area contributed by atoms with Gasteiger partial charge in [-0.05, 0) is 39.5 Å². The van der Waals surface area contributed by atoms with Gasteiger partial charge in [0.05, 0.1) is 25.2 Å². The molecule has 0 aromatic carbocycles. The molecule has 1 nitrogen and oxygen atoms in total. The van der Waals surface area contributed by atoms with Crippen molar-refractivity contribution >= 4 is 0 Å². The third-order valence-electron chi connectivity index (χ3n) is 4.79. The number of nitrogens with zero attached hydrogens (tertiary/aromatic N) is 1. The lowest BCUT2D eigenvalue weighted by Gasteiger charge is -2.48. The summed E-state index contributed by atoms with van der Waals surface area (Å²) in [5.41, 5.74) is 0. The summed E-state index contributed by atoms with van der Waals surface area (Å²) in [6.07, 6.45) is 8.07. The Labute approximate surface area is 110 Å². The number of unbranched alkanes of at least 4 members (excludes halogenated alkanes) is 2. The molecule has 0 aromatic rings. The van der Waals surface area contributed by atoms with Crippen molar-refractivity contribution in [1.82, 2.24) is 0 Å². The minimum Gasteiger partial charge on any atom is -0.319 e. The molecule has 0 amide bonds. The maximum absolute atomic E-state index is 2.47. The fourth-order valence-electron chi connectivity index (χ4n) is 3.06. The summed E-state index contributed by atoms with van der Waals surface area (Å²) >= 11 is 0.